The van der Waals surface area contributed by atoms with Gasteiger partial charge in [-0.2, -0.15) is 0 Å². The Morgan fingerprint density at radius 2 is 2.12 bits per heavy atom. The Hall–Kier alpha value is -1.35. The Morgan fingerprint density at radius 3 is 2.75 bits per heavy atom. The van der Waals surface area contributed by atoms with Gasteiger partial charge in [0.2, 0.25) is 0 Å². The molecule has 0 aromatic heterocycles. The van der Waals surface area contributed by atoms with Crippen molar-refractivity contribution in [1.29, 1.82) is 0 Å². The van der Waals surface area contributed by atoms with Gasteiger partial charge in [0.15, 0.2) is 5.78 Å². The fourth-order valence-electron chi connectivity index (χ4n) is 1.41. The number of ketones is 1. The van der Waals surface area contributed by atoms with E-state index in [0.29, 0.717) is 17.9 Å². The summed E-state index contributed by atoms with van der Waals surface area (Å²) in [5.74, 6) is 0.604. The first kappa shape index (κ1) is 12.7. The lowest BCUT2D eigenvalue weighted by molar-refractivity contribution is 0.0844. The van der Waals surface area contributed by atoms with Crippen LogP contribution in [-0.4, -0.2) is 26.1 Å². The monoisotopic (exact) mass is 222 g/mol. The molecule has 0 fully saturated rings. The Kier molecular flexibility index (Phi) is 4.99. The molecule has 1 aromatic rings. The van der Waals surface area contributed by atoms with Gasteiger partial charge < -0.3 is 9.47 Å². The van der Waals surface area contributed by atoms with Crippen molar-refractivity contribution in [2.24, 2.45) is 0 Å². The van der Waals surface area contributed by atoms with Crippen molar-refractivity contribution in [3.05, 3.63) is 29.3 Å². The van der Waals surface area contributed by atoms with E-state index in [9.17, 15) is 4.79 Å². The van der Waals surface area contributed by atoms with E-state index in [-0.39, 0.29) is 12.4 Å². The van der Waals surface area contributed by atoms with Crippen LogP contribution in [0.15, 0.2) is 18.2 Å². The highest BCUT2D eigenvalue weighted by Gasteiger charge is 2.12. The molecule has 0 unspecified atom stereocenters. The molecule has 88 valence electrons. The molecule has 0 saturated carbocycles. The van der Waals surface area contributed by atoms with Gasteiger partial charge in [0.05, 0.1) is 12.2 Å². The number of hydrogen-bond acceptors (Lipinski definition) is 3. The van der Waals surface area contributed by atoms with Crippen molar-refractivity contribution in [1.82, 2.24) is 0 Å². The molecule has 0 saturated heterocycles. The summed E-state index contributed by atoms with van der Waals surface area (Å²) in [5, 5.41) is 0. The molecule has 3 nitrogen and oxygen atoms in total. The molecule has 0 heterocycles. The van der Waals surface area contributed by atoms with Crippen LogP contribution in [0.3, 0.4) is 0 Å². The van der Waals surface area contributed by atoms with Crippen molar-refractivity contribution in [2.45, 2.75) is 20.3 Å². The van der Waals surface area contributed by atoms with E-state index >= 15 is 0 Å². The minimum absolute atomic E-state index is 0.0442. The van der Waals surface area contributed by atoms with E-state index in [2.05, 4.69) is 0 Å². The van der Waals surface area contributed by atoms with Crippen LogP contribution in [0, 0.1) is 6.92 Å². The summed E-state index contributed by atoms with van der Waals surface area (Å²) in [4.78, 5) is 11.8. The van der Waals surface area contributed by atoms with Gasteiger partial charge in [-0.1, -0.05) is 18.6 Å². The van der Waals surface area contributed by atoms with Gasteiger partial charge in [-0.05, 0) is 25.5 Å². The molecule has 0 aliphatic carbocycles. The number of methoxy groups -OCH3 is 1. The summed E-state index contributed by atoms with van der Waals surface area (Å²) >= 11 is 0. The SMILES string of the molecule is CCCOc1ccc(C)cc1C(=O)COC. The Balaban J connectivity index is 2.93. The fourth-order valence-corrected chi connectivity index (χ4v) is 1.41. The second-order valence-corrected chi connectivity index (χ2v) is 3.70. The van der Waals surface area contributed by atoms with E-state index in [1.807, 2.05) is 32.0 Å². The van der Waals surface area contributed by atoms with Gasteiger partial charge in [-0.3, -0.25) is 4.79 Å². The summed E-state index contributed by atoms with van der Waals surface area (Å²) in [6, 6.07) is 5.62. The summed E-state index contributed by atoms with van der Waals surface area (Å²) in [5.41, 5.74) is 1.65. The van der Waals surface area contributed by atoms with Crippen LogP contribution in [-0.2, 0) is 4.74 Å². The summed E-state index contributed by atoms with van der Waals surface area (Å²) < 4.78 is 10.4. The maximum absolute atomic E-state index is 11.8. The Labute approximate surface area is 96.4 Å². The van der Waals surface area contributed by atoms with Crippen LogP contribution in [0.5, 0.6) is 5.75 Å². The summed E-state index contributed by atoms with van der Waals surface area (Å²) in [6.45, 7) is 4.69. The van der Waals surface area contributed by atoms with Crippen molar-refractivity contribution < 1.29 is 14.3 Å². The molecule has 0 radical (unpaired) electrons. The Morgan fingerprint density at radius 1 is 1.38 bits per heavy atom. The number of aryl methyl sites for hydroxylation is 1. The van der Waals surface area contributed by atoms with E-state index in [0.717, 1.165) is 12.0 Å². The average Bonchev–Trinajstić information content (AvgIpc) is 2.27. The third kappa shape index (κ3) is 3.35. The summed E-state index contributed by atoms with van der Waals surface area (Å²) in [6.07, 6.45) is 0.922. The predicted molar refractivity (Wildman–Crippen MR) is 63.2 cm³/mol. The normalized spacial score (nSPS) is 10.2. The maximum atomic E-state index is 11.8. The first-order valence-electron chi connectivity index (χ1n) is 5.44. The van der Waals surface area contributed by atoms with Gasteiger partial charge in [0.25, 0.3) is 0 Å². The van der Waals surface area contributed by atoms with Crippen LogP contribution in [0.25, 0.3) is 0 Å². The average molecular weight is 222 g/mol. The minimum atomic E-state index is -0.0442. The molecular weight excluding hydrogens is 204 g/mol. The number of carbonyl (C=O) groups is 1. The minimum Gasteiger partial charge on any atom is -0.493 e. The quantitative estimate of drug-likeness (QED) is 0.694. The number of Topliss-reactive ketones (excluding diaryl/α,β-unsaturated/α-hetero) is 1. The molecule has 0 atom stereocenters. The first-order valence-corrected chi connectivity index (χ1v) is 5.44. The molecule has 1 aromatic carbocycles. The van der Waals surface area contributed by atoms with Gasteiger partial charge in [-0.15, -0.1) is 0 Å². The molecule has 0 aliphatic rings. The molecule has 0 aliphatic heterocycles. The smallest absolute Gasteiger partial charge is 0.192 e. The third-order valence-electron chi connectivity index (χ3n) is 2.17. The maximum Gasteiger partial charge on any atom is 0.192 e. The van der Waals surface area contributed by atoms with Crippen molar-refractivity contribution in [3.8, 4) is 5.75 Å². The summed E-state index contributed by atoms with van der Waals surface area (Å²) in [7, 11) is 1.51. The largest absolute Gasteiger partial charge is 0.493 e. The molecular formula is C13H18O3. The molecule has 16 heavy (non-hydrogen) atoms. The second kappa shape index (κ2) is 6.28. The Bertz CT molecular complexity index is 358. The zero-order chi connectivity index (χ0) is 12.0. The van der Waals surface area contributed by atoms with Crippen LogP contribution in [0.1, 0.15) is 29.3 Å². The van der Waals surface area contributed by atoms with E-state index in [4.69, 9.17) is 9.47 Å². The van der Waals surface area contributed by atoms with Crippen molar-refractivity contribution in [3.63, 3.8) is 0 Å². The zero-order valence-electron chi connectivity index (χ0n) is 10.1. The van der Waals surface area contributed by atoms with Crippen molar-refractivity contribution in [2.75, 3.05) is 20.3 Å². The van der Waals surface area contributed by atoms with Crippen LogP contribution in [0.2, 0.25) is 0 Å². The number of rotatable bonds is 6. The topological polar surface area (TPSA) is 35.5 Å². The lowest BCUT2D eigenvalue weighted by atomic mass is 10.1. The molecule has 0 bridgehead atoms. The number of ether oxygens (including phenoxy) is 2. The lowest BCUT2D eigenvalue weighted by Crippen LogP contribution is -2.10. The highest BCUT2D eigenvalue weighted by atomic mass is 16.5. The zero-order valence-corrected chi connectivity index (χ0v) is 10.1. The number of benzene rings is 1. The second-order valence-electron chi connectivity index (χ2n) is 3.70. The highest BCUT2D eigenvalue weighted by Crippen LogP contribution is 2.21. The van der Waals surface area contributed by atoms with Crippen LogP contribution < -0.4 is 4.74 Å². The van der Waals surface area contributed by atoms with E-state index in [1.165, 1.54) is 7.11 Å². The molecule has 3 heteroatoms. The number of hydrogen-bond donors (Lipinski definition) is 0. The van der Waals surface area contributed by atoms with Crippen molar-refractivity contribution >= 4 is 5.78 Å². The molecule has 0 spiro atoms. The molecule has 0 amide bonds. The van der Waals surface area contributed by atoms with Gasteiger partial charge in [-0.25, -0.2) is 0 Å². The number of carbonyl (C=O) groups excluding carboxylic acids is 1. The lowest BCUT2D eigenvalue weighted by Gasteiger charge is -2.10. The third-order valence-corrected chi connectivity index (χ3v) is 2.17. The van der Waals surface area contributed by atoms with E-state index in [1.54, 1.807) is 0 Å². The van der Waals surface area contributed by atoms with Gasteiger partial charge >= 0.3 is 0 Å². The fraction of sp³-hybridized carbons (Fsp3) is 0.462. The molecule has 0 N–H and O–H groups in total. The van der Waals surface area contributed by atoms with Gasteiger partial charge in [0.1, 0.15) is 12.4 Å². The first-order chi connectivity index (χ1) is 7.69. The van der Waals surface area contributed by atoms with Gasteiger partial charge in [0, 0.05) is 7.11 Å². The molecule has 1 rings (SSSR count). The van der Waals surface area contributed by atoms with Crippen LogP contribution in [0.4, 0.5) is 0 Å². The van der Waals surface area contributed by atoms with E-state index < -0.39 is 0 Å². The standard InChI is InChI=1S/C13H18O3/c1-4-7-16-13-6-5-10(2)8-11(13)12(14)9-15-3/h5-6,8H,4,7,9H2,1-3H3. The predicted octanol–water partition coefficient (Wildman–Crippen LogP) is 2.61. The van der Waals surface area contributed by atoms with Crippen LogP contribution >= 0.6 is 0 Å². The highest BCUT2D eigenvalue weighted by molar-refractivity contribution is 5.99.